The summed E-state index contributed by atoms with van der Waals surface area (Å²) in [5, 5.41) is 17.4. The van der Waals surface area contributed by atoms with Crippen molar-refractivity contribution in [2.45, 2.75) is 74.6 Å². The third-order valence-corrected chi connectivity index (χ3v) is 19.1. The molecule has 25 heteroatoms. The third-order valence-electron chi connectivity index (χ3n) is 14.7. The number of para-hydroxylation sites is 2. The van der Waals surface area contributed by atoms with Gasteiger partial charge in [-0.05, 0) is 118 Å². The molecule has 0 bridgehead atoms. The summed E-state index contributed by atoms with van der Waals surface area (Å²) < 4.78 is 82.0. The van der Waals surface area contributed by atoms with Crippen molar-refractivity contribution in [3.05, 3.63) is 137 Å². The van der Waals surface area contributed by atoms with Crippen LogP contribution in [0.15, 0.2) is 119 Å². The Labute approximate surface area is 502 Å². The van der Waals surface area contributed by atoms with E-state index in [1.165, 1.54) is 6.20 Å². The zero-order valence-electron chi connectivity index (χ0n) is 48.6. The van der Waals surface area contributed by atoms with Crippen LogP contribution in [0, 0.1) is 6.92 Å². The maximum absolute atomic E-state index is 13.3. The molecule has 1 saturated heterocycles. The molecule has 7 aromatic rings. The number of fused-ring (bicyclic) bond motifs is 2. The first-order valence-corrected chi connectivity index (χ1v) is 31.7. The van der Waals surface area contributed by atoms with E-state index >= 15 is 0 Å². The summed E-state index contributed by atoms with van der Waals surface area (Å²) >= 11 is 6.44. The van der Waals surface area contributed by atoms with Gasteiger partial charge in [0.2, 0.25) is 5.95 Å². The molecule has 2 unspecified atom stereocenters. The number of esters is 1. The van der Waals surface area contributed by atoms with Gasteiger partial charge < -0.3 is 44.5 Å². The van der Waals surface area contributed by atoms with Crippen molar-refractivity contribution in [2.75, 3.05) is 101 Å². The molecule has 5 N–H and O–H groups in total. The van der Waals surface area contributed by atoms with Crippen molar-refractivity contribution in [1.29, 1.82) is 0 Å². The number of benzene rings is 5. The fourth-order valence-corrected chi connectivity index (χ4v) is 13.1. The number of aryl methyl sites for hydroxylation is 2. The lowest BCUT2D eigenvalue weighted by molar-refractivity contribution is -0.143. The van der Waals surface area contributed by atoms with Gasteiger partial charge in [-0.1, -0.05) is 59.3 Å². The average molecular weight is 1220 g/mol. The molecule has 0 radical (unpaired) electrons. The van der Waals surface area contributed by atoms with Gasteiger partial charge in [0.1, 0.15) is 38.6 Å². The van der Waals surface area contributed by atoms with E-state index in [2.05, 4.69) is 46.0 Å². The second-order valence-corrected chi connectivity index (χ2v) is 25.9. The minimum atomic E-state index is -3.56. The summed E-state index contributed by atoms with van der Waals surface area (Å²) in [6.45, 7) is 15.4. The maximum Gasteiger partial charge on any atom is 0.306 e. The maximum atomic E-state index is 13.3. The standard InChI is InChI=1S/C60H74ClN11O11S2/c1-7-81-57(74)35-48(43-17-16-41(4)45(32-43)38-72-37-42(5)83-52-13-9-11-15-55(52)85(72,77)78)44-33-51-58(69(6)68-67-51)53(34-44)82-39-56(73)62-22-28-79-30-31-80-29-27-70-23-25-71(26-24-70)47-20-18-46(19-21-47)64-60-63-36-49(61)59(66-60)65-50-12-8-10-14-54(50)84(75,76)40(2)3/h8-21,32-34,36,40,42,48,77-78H,7,22-31,35,37-39H2,1-6H3,(H,62,73)(H2,63,64,65,66). The summed E-state index contributed by atoms with van der Waals surface area (Å²) in [7, 11) is -5.24. The normalized spacial score (nSPS) is 16.3. The minimum absolute atomic E-state index is 0.0110. The highest BCUT2D eigenvalue weighted by molar-refractivity contribution is 8.22. The number of hydrogen-bond acceptors (Lipinski definition) is 20. The average Bonchev–Trinajstić information content (AvgIpc) is 3.97. The molecule has 1 fully saturated rings. The highest BCUT2D eigenvalue weighted by Crippen LogP contribution is 2.57. The van der Waals surface area contributed by atoms with Crippen molar-refractivity contribution in [3.63, 3.8) is 0 Å². The lowest BCUT2D eigenvalue weighted by atomic mass is 9.86. The smallest absolute Gasteiger partial charge is 0.306 e. The number of carbonyl (C=O) groups is 2. The Morgan fingerprint density at radius 2 is 1.64 bits per heavy atom. The number of sulfone groups is 1. The van der Waals surface area contributed by atoms with Crippen LogP contribution in [0.1, 0.15) is 62.3 Å². The fourth-order valence-electron chi connectivity index (χ4n) is 10.1. The molecule has 1 amide bonds. The van der Waals surface area contributed by atoms with Crippen LogP contribution in [-0.4, -0.2) is 160 Å². The monoisotopic (exact) mass is 1220 g/mol. The lowest BCUT2D eigenvalue weighted by Crippen LogP contribution is -2.47. The summed E-state index contributed by atoms with van der Waals surface area (Å²) in [5.41, 5.74) is 6.57. The first-order valence-electron chi connectivity index (χ1n) is 28.3. The molecule has 5 aromatic carbocycles. The van der Waals surface area contributed by atoms with Crippen LogP contribution in [0.4, 0.5) is 28.8 Å². The molecular weight excluding hydrogens is 1150 g/mol. The van der Waals surface area contributed by atoms with E-state index in [0.29, 0.717) is 64.4 Å². The van der Waals surface area contributed by atoms with Crippen LogP contribution in [0.2, 0.25) is 5.02 Å². The van der Waals surface area contributed by atoms with Crippen LogP contribution in [-0.2, 0) is 47.2 Å². The summed E-state index contributed by atoms with van der Waals surface area (Å²) in [5.74, 6) is 0.0768. The van der Waals surface area contributed by atoms with Crippen molar-refractivity contribution >= 4 is 84.0 Å². The van der Waals surface area contributed by atoms with E-state index in [1.807, 2.05) is 62.4 Å². The van der Waals surface area contributed by atoms with Gasteiger partial charge in [-0.2, -0.15) is 9.29 Å². The van der Waals surface area contributed by atoms with Gasteiger partial charge in [-0.25, -0.2) is 18.1 Å². The zero-order chi connectivity index (χ0) is 60.3. The van der Waals surface area contributed by atoms with E-state index in [9.17, 15) is 27.1 Å². The lowest BCUT2D eigenvalue weighted by Gasteiger charge is -2.42. The minimum Gasteiger partial charge on any atom is -0.487 e. The fraction of sp³-hybridized carbons (Fsp3) is 0.400. The summed E-state index contributed by atoms with van der Waals surface area (Å²) in [6.07, 6.45) is 1.13. The Balaban J connectivity index is 0.700. The van der Waals surface area contributed by atoms with Gasteiger partial charge in [0.15, 0.2) is 22.3 Å². The molecule has 2 aromatic heterocycles. The van der Waals surface area contributed by atoms with Crippen LogP contribution in [0.25, 0.3) is 11.0 Å². The van der Waals surface area contributed by atoms with E-state index in [0.717, 1.165) is 60.8 Å². The van der Waals surface area contributed by atoms with Gasteiger partial charge in [0, 0.05) is 70.2 Å². The largest absolute Gasteiger partial charge is 0.487 e. The molecule has 22 nitrogen and oxygen atoms in total. The Bertz CT molecular complexity index is 3550. The quantitative estimate of drug-likeness (QED) is 0.0250. The van der Waals surface area contributed by atoms with Crippen molar-refractivity contribution in [1.82, 2.24) is 39.5 Å². The molecule has 2 aliphatic rings. The number of carbonyl (C=O) groups excluding carboxylic acids is 2. The number of ether oxygens (including phenoxy) is 5. The molecule has 4 heterocycles. The number of amides is 1. The van der Waals surface area contributed by atoms with E-state index in [4.69, 9.17) is 35.3 Å². The number of anilines is 5. The Morgan fingerprint density at radius 1 is 0.894 bits per heavy atom. The molecule has 2 atom stereocenters. The van der Waals surface area contributed by atoms with Gasteiger partial charge in [-0.3, -0.25) is 23.6 Å². The van der Waals surface area contributed by atoms with Crippen LogP contribution in [0.5, 0.6) is 11.5 Å². The molecule has 454 valence electrons. The Morgan fingerprint density at radius 3 is 2.40 bits per heavy atom. The Hall–Kier alpha value is -7.13. The first kappa shape index (κ1) is 62.4. The first-order chi connectivity index (χ1) is 40.9. The molecule has 2 aliphatic heterocycles. The van der Waals surface area contributed by atoms with Gasteiger partial charge in [-0.15, -0.1) is 15.9 Å². The number of aromatic nitrogens is 5. The topological polar surface area (TPSA) is 257 Å². The van der Waals surface area contributed by atoms with Gasteiger partial charge in [0.25, 0.3) is 5.91 Å². The number of rotatable bonds is 26. The molecule has 0 aliphatic carbocycles. The third kappa shape index (κ3) is 15.7. The van der Waals surface area contributed by atoms with Gasteiger partial charge >= 0.3 is 5.97 Å². The second kappa shape index (κ2) is 28.4. The predicted octanol–water partition coefficient (Wildman–Crippen LogP) is 9.13. The van der Waals surface area contributed by atoms with E-state index in [-0.39, 0.29) is 73.6 Å². The van der Waals surface area contributed by atoms with Gasteiger partial charge in [0.05, 0.1) is 68.0 Å². The predicted molar refractivity (Wildman–Crippen MR) is 328 cm³/mol. The molecular formula is C60H74ClN11O11S2. The van der Waals surface area contributed by atoms with Crippen LogP contribution < -0.4 is 30.3 Å². The number of hydrogen-bond donors (Lipinski definition) is 5. The van der Waals surface area contributed by atoms with E-state index in [1.54, 1.807) is 91.4 Å². The van der Waals surface area contributed by atoms with Crippen LogP contribution in [0.3, 0.4) is 0 Å². The highest BCUT2D eigenvalue weighted by atomic mass is 35.5. The van der Waals surface area contributed by atoms with Crippen molar-refractivity contribution in [2.24, 2.45) is 7.05 Å². The van der Waals surface area contributed by atoms with Crippen LogP contribution >= 0.6 is 22.4 Å². The zero-order valence-corrected chi connectivity index (χ0v) is 51.0. The number of halogens is 1. The molecule has 85 heavy (non-hydrogen) atoms. The second-order valence-electron chi connectivity index (χ2n) is 21.0. The van der Waals surface area contributed by atoms with Crippen molar-refractivity contribution < 1.29 is 50.8 Å². The highest BCUT2D eigenvalue weighted by Gasteiger charge is 2.35. The SMILES string of the molecule is CCOC(=O)CC(c1ccc(C)c(CN2CC(C)Oc3ccccc3S2(O)O)c1)c1cc(OCC(=O)NCCOCCOCCN2CCN(c3ccc(Nc4ncc(Cl)c(Nc5ccccc5S(=O)(=O)C(C)C)n4)cc3)CC2)c2c(c1)nnn2C. The van der Waals surface area contributed by atoms with E-state index < -0.39 is 37.8 Å². The summed E-state index contributed by atoms with van der Waals surface area (Å²) in [4.78, 5) is 40.5. The molecule has 0 saturated carbocycles. The number of nitrogens with one attached hydrogen (secondary N) is 3. The molecule has 0 spiro atoms. The van der Waals surface area contributed by atoms with Crippen molar-refractivity contribution in [3.8, 4) is 11.5 Å². The summed E-state index contributed by atoms with van der Waals surface area (Å²) in [6, 6.07) is 31.2. The number of piperazine rings is 1. The molecule has 9 rings (SSSR count). The Kier molecular flexibility index (Phi) is 20.8. The number of nitrogens with zero attached hydrogens (tertiary/aromatic N) is 8.